The molecule has 28 heavy (non-hydrogen) atoms. The van der Waals surface area contributed by atoms with Crippen LogP contribution in [0.2, 0.25) is 5.02 Å². The van der Waals surface area contributed by atoms with Crippen LogP contribution in [-0.2, 0) is 14.3 Å². The molecule has 3 rings (SSSR count). The average molecular weight is 409 g/mol. The van der Waals surface area contributed by atoms with Crippen LogP contribution in [0.25, 0.3) is 0 Å². The van der Waals surface area contributed by atoms with Crippen molar-refractivity contribution in [2.75, 3.05) is 38.7 Å². The molecule has 0 bridgehead atoms. The lowest BCUT2D eigenvalue weighted by atomic mass is 9.91. The van der Waals surface area contributed by atoms with E-state index in [1.807, 2.05) is 4.90 Å². The van der Waals surface area contributed by atoms with Crippen LogP contribution in [0.5, 0.6) is 5.75 Å². The van der Waals surface area contributed by atoms with Crippen LogP contribution in [0.1, 0.15) is 38.5 Å². The van der Waals surface area contributed by atoms with E-state index in [9.17, 15) is 9.59 Å². The third kappa shape index (κ3) is 5.61. The van der Waals surface area contributed by atoms with Crippen LogP contribution in [0.4, 0.5) is 5.69 Å². The van der Waals surface area contributed by atoms with Crippen molar-refractivity contribution < 1.29 is 19.1 Å². The molecule has 6 nitrogen and oxygen atoms in total. The number of benzene rings is 1. The second-order valence-electron chi connectivity index (χ2n) is 7.62. The summed E-state index contributed by atoms with van der Waals surface area (Å²) in [6.07, 6.45) is 4.95. The maximum Gasteiger partial charge on any atom is 0.225 e. The first-order valence-electron chi connectivity index (χ1n) is 10.1. The van der Waals surface area contributed by atoms with Gasteiger partial charge in [0, 0.05) is 44.3 Å². The van der Waals surface area contributed by atoms with Gasteiger partial charge in [-0.3, -0.25) is 9.59 Å². The van der Waals surface area contributed by atoms with Crippen LogP contribution >= 0.6 is 11.6 Å². The van der Waals surface area contributed by atoms with Gasteiger partial charge in [0.25, 0.3) is 0 Å². The summed E-state index contributed by atoms with van der Waals surface area (Å²) in [4.78, 5) is 27.0. The molecule has 2 aliphatic heterocycles. The first-order chi connectivity index (χ1) is 13.6. The van der Waals surface area contributed by atoms with Crippen molar-refractivity contribution in [1.29, 1.82) is 0 Å². The number of likely N-dealkylation sites (tertiary alicyclic amines) is 1. The standard InChI is InChI=1S/C21H29ClN2O4/c1-27-19-6-5-17(13-18(19)22)23-20(25)7-4-15-3-2-10-24(14-15)21(26)16-8-11-28-12-9-16/h5-6,13,15-16H,2-4,7-12,14H2,1H3,(H,23,25). The first kappa shape index (κ1) is 20.9. The summed E-state index contributed by atoms with van der Waals surface area (Å²) >= 11 is 6.10. The molecule has 2 saturated heterocycles. The predicted octanol–water partition coefficient (Wildman–Crippen LogP) is 3.73. The summed E-state index contributed by atoms with van der Waals surface area (Å²) in [6, 6.07) is 5.20. The van der Waals surface area contributed by atoms with Crippen molar-refractivity contribution in [3.8, 4) is 5.75 Å². The highest BCUT2D eigenvalue weighted by Gasteiger charge is 2.30. The fraction of sp³-hybridized carbons (Fsp3) is 0.619. The van der Waals surface area contributed by atoms with Crippen LogP contribution in [0, 0.1) is 11.8 Å². The van der Waals surface area contributed by atoms with E-state index in [0.29, 0.717) is 42.0 Å². The molecular formula is C21H29ClN2O4. The molecule has 0 aromatic heterocycles. The van der Waals surface area contributed by atoms with Crippen molar-refractivity contribution in [1.82, 2.24) is 4.90 Å². The summed E-state index contributed by atoms with van der Waals surface area (Å²) in [6.45, 7) is 2.97. The summed E-state index contributed by atoms with van der Waals surface area (Å²) in [5.74, 6) is 1.30. The van der Waals surface area contributed by atoms with Gasteiger partial charge in [-0.1, -0.05) is 11.6 Å². The van der Waals surface area contributed by atoms with Gasteiger partial charge in [0.05, 0.1) is 12.1 Å². The molecule has 2 fully saturated rings. The van der Waals surface area contributed by atoms with Crippen molar-refractivity contribution >= 4 is 29.1 Å². The molecule has 1 N–H and O–H groups in total. The lowest BCUT2D eigenvalue weighted by molar-refractivity contribution is -0.140. The SMILES string of the molecule is COc1ccc(NC(=O)CCC2CCCN(C(=O)C3CCOCC3)C2)cc1Cl. The van der Waals surface area contributed by atoms with E-state index in [1.54, 1.807) is 25.3 Å². The normalized spacial score (nSPS) is 20.6. The molecule has 0 aliphatic carbocycles. The number of rotatable bonds is 6. The van der Waals surface area contributed by atoms with E-state index in [-0.39, 0.29) is 17.7 Å². The Hall–Kier alpha value is -1.79. The maximum absolute atomic E-state index is 12.7. The number of halogens is 1. The fourth-order valence-corrected chi connectivity index (χ4v) is 4.26. The number of ether oxygens (including phenoxy) is 2. The van der Waals surface area contributed by atoms with E-state index in [4.69, 9.17) is 21.1 Å². The van der Waals surface area contributed by atoms with Gasteiger partial charge in [-0.05, 0) is 56.2 Å². The lowest BCUT2D eigenvalue weighted by Gasteiger charge is -2.36. The van der Waals surface area contributed by atoms with Crippen LogP contribution in [-0.4, -0.2) is 50.1 Å². The minimum atomic E-state index is -0.0332. The molecule has 1 aromatic rings. The molecule has 0 spiro atoms. The van der Waals surface area contributed by atoms with Gasteiger partial charge in [-0.25, -0.2) is 0 Å². The van der Waals surface area contributed by atoms with Gasteiger partial charge in [0.2, 0.25) is 11.8 Å². The Labute approximate surface area is 171 Å². The summed E-state index contributed by atoms with van der Waals surface area (Å²) in [5, 5.41) is 3.35. The highest BCUT2D eigenvalue weighted by atomic mass is 35.5. The Morgan fingerprint density at radius 3 is 2.79 bits per heavy atom. The monoisotopic (exact) mass is 408 g/mol. The Morgan fingerprint density at radius 2 is 2.07 bits per heavy atom. The third-order valence-electron chi connectivity index (χ3n) is 5.62. The molecular weight excluding hydrogens is 380 g/mol. The van der Waals surface area contributed by atoms with Crippen molar-refractivity contribution in [2.24, 2.45) is 11.8 Å². The van der Waals surface area contributed by atoms with Gasteiger partial charge in [-0.2, -0.15) is 0 Å². The zero-order valence-electron chi connectivity index (χ0n) is 16.4. The van der Waals surface area contributed by atoms with Crippen molar-refractivity contribution in [3.05, 3.63) is 23.2 Å². The van der Waals surface area contributed by atoms with E-state index in [2.05, 4.69) is 5.32 Å². The number of hydrogen-bond acceptors (Lipinski definition) is 4. The van der Waals surface area contributed by atoms with E-state index < -0.39 is 0 Å². The first-order valence-corrected chi connectivity index (χ1v) is 10.4. The molecule has 154 valence electrons. The Morgan fingerprint density at radius 1 is 1.29 bits per heavy atom. The van der Waals surface area contributed by atoms with Crippen LogP contribution in [0.3, 0.4) is 0 Å². The molecule has 1 atom stereocenters. The van der Waals surface area contributed by atoms with E-state index >= 15 is 0 Å². The Kier molecular flexibility index (Phi) is 7.57. The number of methoxy groups -OCH3 is 1. The van der Waals surface area contributed by atoms with Gasteiger partial charge >= 0.3 is 0 Å². The molecule has 7 heteroatoms. The topological polar surface area (TPSA) is 67.9 Å². The molecule has 1 unspecified atom stereocenters. The number of anilines is 1. The number of amides is 2. The second-order valence-corrected chi connectivity index (χ2v) is 8.02. The predicted molar refractivity (Wildman–Crippen MR) is 109 cm³/mol. The van der Waals surface area contributed by atoms with Gasteiger partial charge < -0.3 is 19.7 Å². The smallest absolute Gasteiger partial charge is 0.225 e. The minimum absolute atomic E-state index is 0.0332. The van der Waals surface area contributed by atoms with E-state index in [1.165, 1.54) is 0 Å². The highest BCUT2D eigenvalue weighted by Crippen LogP contribution is 2.28. The molecule has 0 saturated carbocycles. The van der Waals surface area contributed by atoms with Crippen LogP contribution in [0.15, 0.2) is 18.2 Å². The average Bonchev–Trinajstić information content (AvgIpc) is 2.73. The lowest BCUT2D eigenvalue weighted by Crippen LogP contribution is -2.44. The number of hydrogen-bond donors (Lipinski definition) is 1. The number of nitrogens with zero attached hydrogens (tertiary/aromatic N) is 1. The van der Waals surface area contributed by atoms with Crippen LogP contribution < -0.4 is 10.1 Å². The Balaban J connectivity index is 1.45. The number of piperidine rings is 1. The van der Waals surface area contributed by atoms with Crippen molar-refractivity contribution in [3.63, 3.8) is 0 Å². The zero-order chi connectivity index (χ0) is 19.9. The van der Waals surface area contributed by atoms with E-state index in [0.717, 1.165) is 45.2 Å². The van der Waals surface area contributed by atoms with Crippen molar-refractivity contribution in [2.45, 2.75) is 38.5 Å². The summed E-state index contributed by atoms with van der Waals surface area (Å²) < 4.78 is 10.5. The molecule has 2 heterocycles. The summed E-state index contributed by atoms with van der Waals surface area (Å²) in [5.41, 5.74) is 0.663. The number of carbonyl (C=O) groups excluding carboxylic acids is 2. The Bertz CT molecular complexity index is 691. The summed E-state index contributed by atoms with van der Waals surface area (Å²) in [7, 11) is 1.56. The molecule has 0 radical (unpaired) electrons. The number of nitrogens with one attached hydrogen (secondary N) is 1. The maximum atomic E-state index is 12.7. The molecule has 2 amide bonds. The quantitative estimate of drug-likeness (QED) is 0.778. The third-order valence-corrected chi connectivity index (χ3v) is 5.91. The van der Waals surface area contributed by atoms with Gasteiger partial charge in [-0.15, -0.1) is 0 Å². The van der Waals surface area contributed by atoms with Gasteiger partial charge in [0.15, 0.2) is 0 Å². The zero-order valence-corrected chi connectivity index (χ0v) is 17.2. The largest absolute Gasteiger partial charge is 0.495 e. The minimum Gasteiger partial charge on any atom is -0.495 e. The highest BCUT2D eigenvalue weighted by molar-refractivity contribution is 6.32. The molecule has 1 aromatic carbocycles. The second kappa shape index (κ2) is 10.1. The van der Waals surface area contributed by atoms with Gasteiger partial charge in [0.1, 0.15) is 5.75 Å². The molecule has 2 aliphatic rings. The fourth-order valence-electron chi connectivity index (χ4n) is 4.01. The number of carbonyl (C=O) groups is 2.